The van der Waals surface area contributed by atoms with Gasteiger partial charge in [0.25, 0.3) is 5.89 Å². The number of anilines is 2. The van der Waals surface area contributed by atoms with Crippen LogP contribution >= 0.6 is 0 Å². The molecule has 2 amide bonds. The summed E-state index contributed by atoms with van der Waals surface area (Å²) in [7, 11) is 0. The summed E-state index contributed by atoms with van der Waals surface area (Å²) in [6.45, 7) is 4.39. The van der Waals surface area contributed by atoms with Crippen LogP contribution in [-0.4, -0.2) is 52.3 Å². The minimum Gasteiger partial charge on any atom is -0.421 e. The standard InChI is InChI=1S/C22H24N6O2/c1-15-25-26-21(30-15)19-6-3-9-23-20(19)27-10-12-28(13-11-27)22(29)24-18-8-7-16-4-2-5-17(16)14-18/h3,6-9,14H,2,4-5,10-13H2,1H3,(H,24,29). The molecule has 2 aromatic heterocycles. The van der Waals surface area contributed by atoms with Crippen molar-refractivity contribution in [1.29, 1.82) is 0 Å². The average molecular weight is 404 g/mol. The molecule has 3 aromatic rings. The first-order chi connectivity index (χ1) is 14.7. The fourth-order valence-electron chi connectivity index (χ4n) is 4.19. The van der Waals surface area contributed by atoms with Crippen LogP contribution in [0.4, 0.5) is 16.3 Å². The van der Waals surface area contributed by atoms with E-state index in [1.165, 1.54) is 17.5 Å². The van der Waals surface area contributed by atoms with Crippen molar-refractivity contribution in [3.05, 3.63) is 53.5 Å². The maximum absolute atomic E-state index is 12.7. The van der Waals surface area contributed by atoms with E-state index in [-0.39, 0.29) is 6.03 Å². The molecule has 1 N–H and O–H groups in total. The lowest BCUT2D eigenvalue weighted by Crippen LogP contribution is -2.50. The van der Waals surface area contributed by atoms with Gasteiger partial charge in [-0.1, -0.05) is 6.07 Å². The van der Waals surface area contributed by atoms with Crippen molar-refractivity contribution in [2.24, 2.45) is 0 Å². The molecule has 1 aliphatic carbocycles. The highest BCUT2D eigenvalue weighted by molar-refractivity contribution is 5.89. The predicted octanol–water partition coefficient (Wildman–Crippen LogP) is 3.28. The second-order valence-electron chi connectivity index (χ2n) is 7.74. The third kappa shape index (κ3) is 3.60. The molecule has 8 nitrogen and oxygen atoms in total. The van der Waals surface area contributed by atoms with Gasteiger partial charge in [-0.3, -0.25) is 0 Å². The number of piperazine rings is 1. The van der Waals surface area contributed by atoms with Crippen molar-refractivity contribution in [2.75, 3.05) is 36.4 Å². The van der Waals surface area contributed by atoms with Crippen molar-refractivity contribution in [3.8, 4) is 11.5 Å². The minimum absolute atomic E-state index is 0.0543. The molecule has 3 heterocycles. The monoisotopic (exact) mass is 404 g/mol. The number of hydrogen-bond donors (Lipinski definition) is 1. The molecule has 1 saturated heterocycles. The Labute approximate surface area is 174 Å². The zero-order valence-corrected chi connectivity index (χ0v) is 17.0. The highest BCUT2D eigenvalue weighted by Gasteiger charge is 2.25. The summed E-state index contributed by atoms with van der Waals surface area (Å²) in [5.41, 5.74) is 4.46. The van der Waals surface area contributed by atoms with Gasteiger partial charge in [0.1, 0.15) is 5.82 Å². The largest absolute Gasteiger partial charge is 0.421 e. The number of carbonyl (C=O) groups is 1. The van der Waals surface area contributed by atoms with E-state index < -0.39 is 0 Å². The van der Waals surface area contributed by atoms with Gasteiger partial charge in [-0.15, -0.1) is 10.2 Å². The quantitative estimate of drug-likeness (QED) is 0.721. The van der Waals surface area contributed by atoms with Crippen LogP contribution in [0.5, 0.6) is 0 Å². The van der Waals surface area contributed by atoms with Crippen molar-refractivity contribution < 1.29 is 9.21 Å². The summed E-state index contributed by atoms with van der Waals surface area (Å²) >= 11 is 0. The van der Waals surface area contributed by atoms with Crippen molar-refractivity contribution in [3.63, 3.8) is 0 Å². The Balaban J connectivity index is 1.24. The summed E-state index contributed by atoms with van der Waals surface area (Å²) in [5, 5.41) is 11.1. The highest BCUT2D eigenvalue weighted by Crippen LogP contribution is 2.29. The normalized spacial score (nSPS) is 15.9. The molecular formula is C22H24N6O2. The lowest BCUT2D eigenvalue weighted by Gasteiger charge is -2.35. The van der Waals surface area contributed by atoms with Crippen LogP contribution in [0.2, 0.25) is 0 Å². The van der Waals surface area contributed by atoms with Crippen molar-refractivity contribution in [1.82, 2.24) is 20.1 Å². The Kier molecular flexibility index (Phi) is 4.82. The fraction of sp³-hybridized carbons (Fsp3) is 0.364. The second-order valence-corrected chi connectivity index (χ2v) is 7.74. The van der Waals surface area contributed by atoms with Crippen LogP contribution in [0.3, 0.4) is 0 Å². The topological polar surface area (TPSA) is 87.4 Å². The van der Waals surface area contributed by atoms with Gasteiger partial charge in [0.15, 0.2) is 0 Å². The molecule has 0 bridgehead atoms. The van der Waals surface area contributed by atoms with Gasteiger partial charge in [-0.25, -0.2) is 9.78 Å². The van der Waals surface area contributed by atoms with E-state index in [0.717, 1.165) is 29.9 Å². The maximum Gasteiger partial charge on any atom is 0.321 e. The zero-order chi connectivity index (χ0) is 20.5. The zero-order valence-electron chi connectivity index (χ0n) is 17.0. The summed E-state index contributed by atoms with van der Waals surface area (Å²) in [5.74, 6) is 1.79. The van der Waals surface area contributed by atoms with Crippen LogP contribution in [0, 0.1) is 6.92 Å². The second kappa shape index (κ2) is 7.78. The highest BCUT2D eigenvalue weighted by atomic mass is 16.4. The van der Waals surface area contributed by atoms with Crippen molar-refractivity contribution in [2.45, 2.75) is 26.2 Å². The molecule has 0 radical (unpaired) electrons. The lowest BCUT2D eigenvalue weighted by molar-refractivity contribution is 0.208. The van der Waals surface area contributed by atoms with E-state index in [9.17, 15) is 4.79 Å². The SMILES string of the molecule is Cc1nnc(-c2cccnc2N2CCN(C(=O)Nc3ccc4c(c3)CCC4)CC2)o1. The number of pyridine rings is 1. The summed E-state index contributed by atoms with van der Waals surface area (Å²) in [6.07, 6.45) is 5.20. The molecule has 0 spiro atoms. The van der Waals surface area contributed by atoms with Crippen LogP contribution in [-0.2, 0) is 12.8 Å². The predicted molar refractivity (Wildman–Crippen MR) is 114 cm³/mol. The Morgan fingerprint density at radius 1 is 1.07 bits per heavy atom. The molecule has 1 aliphatic heterocycles. The molecule has 2 aliphatic rings. The maximum atomic E-state index is 12.7. The molecule has 30 heavy (non-hydrogen) atoms. The van der Waals surface area contributed by atoms with Crippen LogP contribution < -0.4 is 10.2 Å². The number of fused-ring (bicyclic) bond motifs is 1. The Bertz CT molecular complexity index is 1070. The Morgan fingerprint density at radius 2 is 1.90 bits per heavy atom. The summed E-state index contributed by atoms with van der Waals surface area (Å²) in [6, 6.07) is 9.99. The molecule has 8 heteroatoms. The molecule has 0 saturated carbocycles. The number of aromatic nitrogens is 3. The van der Waals surface area contributed by atoms with Gasteiger partial charge < -0.3 is 19.5 Å². The van der Waals surface area contributed by atoms with Gasteiger partial charge in [-0.2, -0.15) is 0 Å². The van der Waals surface area contributed by atoms with Crippen molar-refractivity contribution >= 4 is 17.5 Å². The van der Waals surface area contributed by atoms with Gasteiger partial charge in [0.2, 0.25) is 5.89 Å². The molecule has 0 unspecified atom stereocenters. The number of carbonyl (C=O) groups excluding carboxylic acids is 1. The minimum atomic E-state index is -0.0543. The van der Waals surface area contributed by atoms with E-state index in [1.807, 2.05) is 23.1 Å². The van der Waals surface area contributed by atoms with Crippen LogP contribution in [0.1, 0.15) is 23.4 Å². The molecule has 5 rings (SSSR count). The summed E-state index contributed by atoms with van der Waals surface area (Å²) < 4.78 is 5.60. The van der Waals surface area contributed by atoms with Gasteiger partial charge in [-0.05, 0) is 54.7 Å². The fourth-order valence-corrected chi connectivity index (χ4v) is 4.19. The average Bonchev–Trinajstić information content (AvgIpc) is 3.42. The third-order valence-corrected chi connectivity index (χ3v) is 5.76. The number of urea groups is 1. The number of rotatable bonds is 3. The Morgan fingerprint density at radius 3 is 2.70 bits per heavy atom. The third-order valence-electron chi connectivity index (χ3n) is 5.76. The van der Waals surface area contributed by atoms with Gasteiger partial charge >= 0.3 is 6.03 Å². The molecule has 154 valence electrons. The summed E-state index contributed by atoms with van der Waals surface area (Å²) in [4.78, 5) is 21.3. The smallest absolute Gasteiger partial charge is 0.321 e. The first-order valence-corrected chi connectivity index (χ1v) is 10.4. The van der Waals surface area contributed by atoms with Gasteiger partial charge in [0.05, 0.1) is 5.56 Å². The van der Waals surface area contributed by atoms with E-state index in [4.69, 9.17) is 4.42 Å². The number of nitrogens with zero attached hydrogens (tertiary/aromatic N) is 5. The van der Waals surface area contributed by atoms with E-state index in [1.54, 1.807) is 13.1 Å². The van der Waals surface area contributed by atoms with E-state index >= 15 is 0 Å². The Hall–Kier alpha value is -3.42. The molecule has 1 aromatic carbocycles. The number of hydrogen-bond acceptors (Lipinski definition) is 6. The number of amides is 2. The number of nitrogens with one attached hydrogen (secondary N) is 1. The number of aryl methyl sites for hydroxylation is 3. The first-order valence-electron chi connectivity index (χ1n) is 10.4. The van der Waals surface area contributed by atoms with E-state index in [2.05, 4.69) is 37.5 Å². The molecule has 0 atom stereocenters. The molecular weight excluding hydrogens is 380 g/mol. The van der Waals surface area contributed by atoms with Crippen LogP contribution in [0.15, 0.2) is 40.9 Å². The lowest BCUT2D eigenvalue weighted by atomic mass is 10.1. The van der Waals surface area contributed by atoms with E-state index in [0.29, 0.717) is 38.0 Å². The van der Waals surface area contributed by atoms with Gasteiger partial charge in [0, 0.05) is 45.0 Å². The number of benzene rings is 1. The molecule has 1 fully saturated rings. The first kappa shape index (κ1) is 18.6. The van der Waals surface area contributed by atoms with Crippen LogP contribution in [0.25, 0.3) is 11.5 Å².